The number of carbonyl (C=O) groups is 1. The fourth-order valence-electron chi connectivity index (χ4n) is 5.86. The number of benzene rings is 1. The fraction of sp³-hybridized carbons (Fsp3) is 0.429. The number of ketones is 1. The molecule has 4 aromatic rings. The molecule has 0 aliphatic carbocycles. The van der Waals surface area contributed by atoms with E-state index in [0.29, 0.717) is 34.5 Å². The summed E-state index contributed by atoms with van der Waals surface area (Å²) in [5.41, 5.74) is 1.61. The zero-order valence-corrected chi connectivity index (χ0v) is 21.3. The number of aryl methyl sites for hydroxylation is 1. The van der Waals surface area contributed by atoms with Crippen LogP contribution in [0.3, 0.4) is 0 Å². The van der Waals surface area contributed by atoms with Crippen LogP contribution in [-0.2, 0) is 7.05 Å². The maximum absolute atomic E-state index is 15.6. The molecule has 10 heteroatoms. The van der Waals surface area contributed by atoms with Crippen molar-refractivity contribution in [2.45, 2.75) is 38.1 Å². The molecule has 0 bridgehead atoms. The lowest BCUT2D eigenvalue weighted by Gasteiger charge is -2.26. The van der Waals surface area contributed by atoms with Gasteiger partial charge in [-0.15, -0.1) is 0 Å². The van der Waals surface area contributed by atoms with Crippen LogP contribution in [0.1, 0.15) is 48.5 Å². The van der Waals surface area contributed by atoms with Crippen LogP contribution in [0.4, 0.5) is 4.39 Å². The first-order valence-corrected chi connectivity index (χ1v) is 13.2. The molecule has 1 unspecified atom stereocenters. The van der Waals surface area contributed by atoms with Crippen LogP contribution in [-0.4, -0.2) is 67.7 Å². The summed E-state index contributed by atoms with van der Waals surface area (Å²) < 4.78 is 24.3. The van der Waals surface area contributed by atoms with Gasteiger partial charge in [-0.05, 0) is 38.4 Å². The Morgan fingerprint density at radius 1 is 1.11 bits per heavy atom. The molecule has 1 saturated heterocycles. The highest BCUT2D eigenvalue weighted by molar-refractivity contribution is 6.20. The molecule has 38 heavy (non-hydrogen) atoms. The Labute approximate surface area is 218 Å². The van der Waals surface area contributed by atoms with Gasteiger partial charge in [0.15, 0.2) is 5.78 Å². The molecular formula is C28H30FN5O4. The highest BCUT2D eigenvalue weighted by Crippen LogP contribution is 2.40. The van der Waals surface area contributed by atoms with E-state index in [1.54, 1.807) is 19.2 Å². The second-order valence-electron chi connectivity index (χ2n) is 10.2. The molecule has 1 fully saturated rings. The summed E-state index contributed by atoms with van der Waals surface area (Å²) in [5, 5.41) is 10.5. The number of likely N-dealkylation sites (tertiary alicyclic amines) is 1. The minimum atomic E-state index is -0.758. The average molecular weight is 520 g/mol. The standard InChI is InChI=1S/C28H30FN5O4/c1-32-21-15-30-20-13-19(29)24(26-22(36)12-18(16-35)34(28(32)37)27(21)25(20)26)17-6-7-23(31-14-17)38-11-5-10-33-8-3-2-4-9-33/h6-7,13-15,18,35H,2-5,8-12,16H2,1H3. The van der Waals surface area contributed by atoms with Gasteiger partial charge in [0.05, 0.1) is 42.0 Å². The third-order valence-corrected chi connectivity index (χ3v) is 7.78. The molecule has 5 heterocycles. The van der Waals surface area contributed by atoms with Crippen LogP contribution in [0.25, 0.3) is 33.1 Å². The average Bonchev–Trinajstić information content (AvgIpc) is 3.10. The number of aliphatic hydroxyl groups excluding tert-OH is 1. The van der Waals surface area contributed by atoms with Gasteiger partial charge in [0, 0.05) is 60.4 Å². The SMILES string of the molecule is Cn1c(=O)n2c3c4c(c(-c5ccc(OCCCN6CCCCC6)nc5)c(F)cc4ncc31)C(=O)CC2CO. The number of hydrogen-bond donors (Lipinski definition) is 1. The molecule has 198 valence electrons. The lowest BCUT2D eigenvalue weighted by Crippen LogP contribution is -2.31. The van der Waals surface area contributed by atoms with Crippen molar-refractivity contribution in [2.75, 3.05) is 32.8 Å². The van der Waals surface area contributed by atoms with Gasteiger partial charge in [-0.3, -0.25) is 18.9 Å². The third kappa shape index (κ3) is 4.08. The normalized spacial score (nSPS) is 18.0. The monoisotopic (exact) mass is 519 g/mol. The van der Waals surface area contributed by atoms with Gasteiger partial charge >= 0.3 is 5.69 Å². The third-order valence-electron chi connectivity index (χ3n) is 7.78. The molecule has 6 rings (SSSR count). The minimum Gasteiger partial charge on any atom is -0.478 e. The molecular weight excluding hydrogens is 489 g/mol. The first-order chi connectivity index (χ1) is 18.5. The number of rotatable bonds is 7. The van der Waals surface area contributed by atoms with Crippen molar-refractivity contribution >= 4 is 27.7 Å². The smallest absolute Gasteiger partial charge is 0.329 e. The van der Waals surface area contributed by atoms with Crippen molar-refractivity contribution in [3.8, 4) is 17.0 Å². The Morgan fingerprint density at radius 3 is 2.66 bits per heavy atom. The van der Waals surface area contributed by atoms with Crippen molar-refractivity contribution in [2.24, 2.45) is 7.05 Å². The number of halogens is 1. The molecule has 3 aromatic heterocycles. The largest absolute Gasteiger partial charge is 0.478 e. The molecule has 0 amide bonds. The Hall–Kier alpha value is -3.63. The van der Waals surface area contributed by atoms with Crippen molar-refractivity contribution in [1.82, 2.24) is 24.0 Å². The molecule has 1 aromatic carbocycles. The van der Waals surface area contributed by atoms with Gasteiger partial charge < -0.3 is 14.7 Å². The number of hydrogen-bond acceptors (Lipinski definition) is 7. The molecule has 2 aliphatic rings. The van der Waals surface area contributed by atoms with Gasteiger partial charge in [-0.25, -0.2) is 14.2 Å². The predicted octanol–water partition coefficient (Wildman–Crippen LogP) is 3.46. The van der Waals surface area contributed by atoms with E-state index in [1.165, 1.54) is 46.9 Å². The number of nitrogens with zero attached hydrogens (tertiary/aromatic N) is 5. The van der Waals surface area contributed by atoms with E-state index in [1.807, 2.05) is 0 Å². The highest BCUT2D eigenvalue weighted by Gasteiger charge is 2.32. The lowest BCUT2D eigenvalue weighted by atomic mass is 9.91. The van der Waals surface area contributed by atoms with E-state index < -0.39 is 18.5 Å². The van der Waals surface area contributed by atoms with E-state index in [0.717, 1.165) is 26.1 Å². The minimum absolute atomic E-state index is 0.113. The molecule has 1 atom stereocenters. The lowest BCUT2D eigenvalue weighted by molar-refractivity contribution is 0.0944. The summed E-state index contributed by atoms with van der Waals surface area (Å²) in [6, 6.07) is 3.90. The Kier molecular flexibility index (Phi) is 6.45. The highest BCUT2D eigenvalue weighted by atomic mass is 19.1. The van der Waals surface area contributed by atoms with Gasteiger partial charge in [-0.2, -0.15) is 0 Å². The van der Waals surface area contributed by atoms with Crippen LogP contribution in [0, 0.1) is 5.82 Å². The summed E-state index contributed by atoms with van der Waals surface area (Å²) in [6.45, 7) is 3.42. The van der Waals surface area contributed by atoms with Gasteiger partial charge in [-0.1, -0.05) is 6.42 Å². The zero-order valence-electron chi connectivity index (χ0n) is 21.3. The number of Topliss-reactive ketones (excluding diaryl/α,β-unsaturated/α-hetero) is 1. The van der Waals surface area contributed by atoms with Gasteiger partial charge in [0.2, 0.25) is 5.88 Å². The fourth-order valence-corrected chi connectivity index (χ4v) is 5.86. The summed E-state index contributed by atoms with van der Waals surface area (Å²) >= 11 is 0. The van der Waals surface area contributed by atoms with E-state index in [9.17, 15) is 14.7 Å². The Balaban J connectivity index is 1.36. The van der Waals surface area contributed by atoms with Crippen LogP contribution < -0.4 is 10.4 Å². The van der Waals surface area contributed by atoms with Crippen molar-refractivity contribution in [3.63, 3.8) is 0 Å². The molecule has 2 aliphatic heterocycles. The molecule has 0 saturated carbocycles. The summed E-state index contributed by atoms with van der Waals surface area (Å²) in [4.78, 5) is 37.8. The first kappa shape index (κ1) is 24.7. The predicted molar refractivity (Wildman–Crippen MR) is 141 cm³/mol. The van der Waals surface area contributed by atoms with E-state index in [-0.39, 0.29) is 34.5 Å². The quantitative estimate of drug-likeness (QED) is 0.373. The number of aliphatic hydroxyl groups is 1. The van der Waals surface area contributed by atoms with Crippen molar-refractivity contribution in [3.05, 3.63) is 52.5 Å². The molecule has 1 N–H and O–H groups in total. The molecule has 0 radical (unpaired) electrons. The number of piperidine rings is 1. The maximum atomic E-state index is 15.6. The summed E-state index contributed by atoms with van der Waals surface area (Å²) in [5.74, 6) is -0.522. The number of carbonyl (C=O) groups excluding carboxylic acids is 1. The van der Waals surface area contributed by atoms with Crippen LogP contribution in [0.5, 0.6) is 5.88 Å². The summed E-state index contributed by atoms with van der Waals surface area (Å²) in [7, 11) is 1.62. The number of aromatic nitrogens is 4. The number of pyridine rings is 2. The molecule has 9 nitrogen and oxygen atoms in total. The second kappa shape index (κ2) is 9.92. The van der Waals surface area contributed by atoms with Crippen LogP contribution >= 0.6 is 0 Å². The Morgan fingerprint density at radius 2 is 1.92 bits per heavy atom. The Bertz CT molecular complexity index is 1590. The van der Waals surface area contributed by atoms with Crippen LogP contribution in [0.15, 0.2) is 35.4 Å². The van der Waals surface area contributed by atoms with E-state index in [2.05, 4.69) is 14.9 Å². The van der Waals surface area contributed by atoms with Crippen LogP contribution in [0.2, 0.25) is 0 Å². The second-order valence-corrected chi connectivity index (χ2v) is 10.2. The van der Waals surface area contributed by atoms with Gasteiger partial charge in [0.25, 0.3) is 0 Å². The van der Waals surface area contributed by atoms with Crippen molar-refractivity contribution < 1.29 is 19.0 Å². The zero-order chi connectivity index (χ0) is 26.4. The topological polar surface area (TPSA) is 102 Å². The number of ether oxygens (including phenoxy) is 1. The van der Waals surface area contributed by atoms with Crippen molar-refractivity contribution in [1.29, 1.82) is 0 Å². The molecule has 0 spiro atoms. The maximum Gasteiger partial charge on any atom is 0.329 e. The van der Waals surface area contributed by atoms with E-state index >= 15 is 4.39 Å². The number of imidazole rings is 1. The first-order valence-electron chi connectivity index (χ1n) is 13.2. The van der Waals surface area contributed by atoms with E-state index in [4.69, 9.17) is 4.74 Å². The summed E-state index contributed by atoms with van der Waals surface area (Å²) in [6.07, 6.45) is 7.59. The van der Waals surface area contributed by atoms with Gasteiger partial charge in [0.1, 0.15) is 5.82 Å².